The summed E-state index contributed by atoms with van der Waals surface area (Å²) in [5.41, 5.74) is -0.982. The van der Waals surface area contributed by atoms with E-state index in [0.29, 0.717) is 26.1 Å². The standard InChI is InChI=1S/C18H23F3N4O3/c1-3-28-16(27)4-10-11-6-24(7-12(10)11)15-5-14(18(19,20)21)22-17(23-15)25-8-13(26)9(25)2/h5,9-13,26H,3-4,6-8H2,1-2H3/t9-,10?,11?,12?,13+/m0/s1. The van der Waals surface area contributed by atoms with Gasteiger partial charge in [0.1, 0.15) is 5.82 Å². The van der Waals surface area contributed by atoms with Crippen molar-refractivity contribution in [3.8, 4) is 0 Å². The van der Waals surface area contributed by atoms with Gasteiger partial charge in [-0.25, -0.2) is 4.98 Å². The summed E-state index contributed by atoms with van der Waals surface area (Å²) in [5, 5.41) is 9.67. The number of carbonyl (C=O) groups excluding carboxylic acids is 1. The first-order chi connectivity index (χ1) is 13.2. The number of aliphatic hydroxyl groups is 1. The highest BCUT2D eigenvalue weighted by atomic mass is 19.4. The van der Waals surface area contributed by atoms with E-state index in [1.165, 1.54) is 0 Å². The van der Waals surface area contributed by atoms with Crippen LogP contribution in [0.25, 0.3) is 0 Å². The van der Waals surface area contributed by atoms with Crippen LogP contribution in [-0.2, 0) is 15.7 Å². The maximum atomic E-state index is 13.3. The minimum atomic E-state index is -4.58. The van der Waals surface area contributed by atoms with E-state index >= 15 is 0 Å². The summed E-state index contributed by atoms with van der Waals surface area (Å²) < 4.78 is 45.0. The lowest BCUT2D eigenvalue weighted by molar-refractivity contribution is -0.144. The fourth-order valence-electron chi connectivity index (χ4n) is 4.26. The zero-order valence-corrected chi connectivity index (χ0v) is 15.7. The molecule has 7 nitrogen and oxygen atoms in total. The Balaban J connectivity index is 1.49. The van der Waals surface area contributed by atoms with Crippen LogP contribution in [0.1, 0.15) is 26.0 Å². The number of carbonyl (C=O) groups is 1. The predicted molar refractivity (Wildman–Crippen MR) is 93.8 cm³/mol. The van der Waals surface area contributed by atoms with Gasteiger partial charge in [0, 0.05) is 32.1 Å². The molecular formula is C18H23F3N4O3. The topological polar surface area (TPSA) is 78.8 Å². The molecule has 2 aliphatic heterocycles. The Labute approximate surface area is 160 Å². The molecule has 0 bridgehead atoms. The van der Waals surface area contributed by atoms with Gasteiger partial charge in [0.05, 0.1) is 18.8 Å². The molecule has 0 aromatic carbocycles. The van der Waals surface area contributed by atoms with Crippen LogP contribution in [-0.4, -0.2) is 59.4 Å². The van der Waals surface area contributed by atoms with Crippen LogP contribution in [0.2, 0.25) is 0 Å². The van der Waals surface area contributed by atoms with Crippen LogP contribution < -0.4 is 9.80 Å². The third-order valence-corrected chi connectivity index (χ3v) is 6.08. The number of halogens is 3. The van der Waals surface area contributed by atoms with Crippen LogP contribution in [0, 0.1) is 17.8 Å². The predicted octanol–water partition coefficient (Wildman–Crippen LogP) is 1.70. The van der Waals surface area contributed by atoms with Crippen LogP contribution in [0.3, 0.4) is 0 Å². The Morgan fingerprint density at radius 3 is 2.50 bits per heavy atom. The van der Waals surface area contributed by atoms with Crippen molar-refractivity contribution in [3.63, 3.8) is 0 Å². The lowest BCUT2D eigenvalue weighted by Crippen LogP contribution is -2.59. The van der Waals surface area contributed by atoms with Gasteiger partial charge in [-0.15, -0.1) is 0 Å². The molecule has 4 atom stereocenters. The first-order valence-corrected chi connectivity index (χ1v) is 9.50. The molecule has 0 radical (unpaired) electrons. The second kappa shape index (κ2) is 6.75. The SMILES string of the molecule is CCOC(=O)CC1C2CN(c3cc(C(F)(F)F)nc(N4C[C@@H](O)[C@@H]4C)n3)CC12. The van der Waals surface area contributed by atoms with Crippen molar-refractivity contribution in [2.45, 2.75) is 38.6 Å². The summed E-state index contributed by atoms with van der Waals surface area (Å²) in [6, 6.07) is 0.660. The smallest absolute Gasteiger partial charge is 0.433 e. The molecule has 1 N–H and O–H groups in total. The molecule has 3 fully saturated rings. The molecule has 3 heterocycles. The summed E-state index contributed by atoms with van der Waals surface area (Å²) in [7, 11) is 0. The van der Waals surface area contributed by atoms with Crippen molar-refractivity contribution >= 4 is 17.7 Å². The van der Waals surface area contributed by atoms with Crippen molar-refractivity contribution in [1.82, 2.24) is 9.97 Å². The van der Waals surface area contributed by atoms with Gasteiger partial charge in [-0.2, -0.15) is 18.2 Å². The van der Waals surface area contributed by atoms with Gasteiger partial charge < -0.3 is 19.6 Å². The monoisotopic (exact) mass is 400 g/mol. The van der Waals surface area contributed by atoms with E-state index in [1.54, 1.807) is 18.7 Å². The van der Waals surface area contributed by atoms with E-state index in [4.69, 9.17) is 4.74 Å². The molecule has 10 heteroatoms. The minimum Gasteiger partial charge on any atom is -0.466 e. The van der Waals surface area contributed by atoms with E-state index in [0.717, 1.165) is 6.07 Å². The van der Waals surface area contributed by atoms with Crippen molar-refractivity contribution in [2.75, 3.05) is 36.0 Å². The third kappa shape index (κ3) is 3.38. The number of aromatic nitrogens is 2. The number of aliphatic hydroxyl groups excluding tert-OH is 1. The van der Waals surface area contributed by atoms with Crippen LogP contribution >= 0.6 is 0 Å². The van der Waals surface area contributed by atoms with E-state index in [1.807, 2.05) is 4.90 Å². The summed E-state index contributed by atoms with van der Waals surface area (Å²) in [6.07, 6.45) is -4.80. The average molecular weight is 400 g/mol. The minimum absolute atomic E-state index is 0.00808. The van der Waals surface area contributed by atoms with Gasteiger partial charge in [0.15, 0.2) is 5.69 Å². The largest absolute Gasteiger partial charge is 0.466 e. The number of fused-ring (bicyclic) bond motifs is 1. The highest BCUT2D eigenvalue weighted by Crippen LogP contribution is 2.54. The van der Waals surface area contributed by atoms with Crippen molar-refractivity contribution in [2.24, 2.45) is 17.8 Å². The van der Waals surface area contributed by atoms with Gasteiger partial charge in [-0.05, 0) is 31.6 Å². The lowest BCUT2D eigenvalue weighted by atomic mass is 10.0. The van der Waals surface area contributed by atoms with E-state index in [-0.39, 0.29) is 48.1 Å². The Morgan fingerprint density at radius 1 is 1.29 bits per heavy atom. The number of alkyl halides is 3. The first kappa shape index (κ1) is 19.2. The quantitative estimate of drug-likeness (QED) is 0.754. The number of rotatable bonds is 5. The number of β-amino-alcohol motifs (C(OH)–C–C–N with tert-alkyl or cyclic N) is 1. The Hall–Kier alpha value is -2.10. The highest BCUT2D eigenvalue weighted by Gasteiger charge is 2.56. The number of piperidine rings is 1. The van der Waals surface area contributed by atoms with Crippen molar-refractivity contribution in [3.05, 3.63) is 11.8 Å². The van der Waals surface area contributed by atoms with Gasteiger partial charge >= 0.3 is 12.1 Å². The Kier molecular flexibility index (Phi) is 4.64. The number of anilines is 2. The molecule has 3 aliphatic rings. The normalized spacial score (nSPS) is 31.4. The maximum Gasteiger partial charge on any atom is 0.433 e. The molecule has 1 aromatic heterocycles. The zero-order valence-electron chi connectivity index (χ0n) is 15.7. The second-order valence-electron chi connectivity index (χ2n) is 7.78. The van der Waals surface area contributed by atoms with Gasteiger partial charge in [0.2, 0.25) is 5.95 Å². The molecule has 4 rings (SSSR count). The summed E-state index contributed by atoms with van der Waals surface area (Å²) in [5.74, 6) is 0.815. The van der Waals surface area contributed by atoms with Gasteiger partial charge in [-0.3, -0.25) is 4.79 Å². The number of hydrogen-bond donors (Lipinski definition) is 1. The molecule has 154 valence electrons. The fourth-order valence-corrected chi connectivity index (χ4v) is 4.26. The average Bonchev–Trinajstić information content (AvgIpc) is 3.07. The highest BCUT2D eigenvalue weighted by molar-refractivity contribution is 5.70. The zero-order chi connectivity index (χ0) is 20.2. The van der Waals surface area contributed by atoms with Gasteiger partial charge in [0.25, 0.3) is 0 Å². The molecule has 2 unspecified atom stereocenters. The summed E-state index contributed by atoms with van der Waals surface area (Å²) >= 11 is 0. The van der Waals surface area contributed by atoms with E-state index < -0.39 is 18.0 Å². The summed E-state index contributed by atoms with van der Waals surface area (Å²) in [4.78, 5) is 23.1. The number of ether oxygens (including phenoxy) is 1. The van der Waals surface area contributed by atoms with Crippen LogP contribution in [0.5, 0.6) is 0 Å². The lowest BCUT2D eigenvalue weighted by Gasteiger charge is -2.43. The number of hydrogen-bond acceptors (Lipinski definition) is 7. The molecule has 0 spiro atoms. The molecule has 1 aromatic rings. The Bertz CT molecular complexity index is 763. The Morgan fingerprint density at radius 2 is 1.96 bits per heavy atom. The molecule has 1 aliphatic carbocycles. The van der Waals surface area contributed by atoms with Crippen molar-refractivity contribution < 1.29 is 27.8 Å². The fraction of sp³-hybridized carbons (Fsp3) is 0.722. The third-order valence-electron chi connectivity index (χ3n) is 6.08. The second-order valence-corrected chi connectivity index (χ2v) is 7.78. The van der Waals surface area contributed by atoms with Crippen LogP contribution in [0.15, 0.2) is 6.07 Å². The van der Waals surface area contributed by atoms with Crippen molar-refractivity contribution in [1.29, 1.82) is 0 Å². The molecule has 28 heavy (non-hydrogen) atoms. The van der Waals surface area contributed by atoms with E-state index in [2.05, 4.69) is 9.97 Å². The maximum absolute atomic E-state index is 13.3. The van der Waals surface area contributed by atoms with Crippen LogP contribution in [0.4, 0.5) is 24.9 Å². The van der Waals surface area contributed by atoms with E-state index in [9.17, 15) is 23.1 Å². The molecule has 2 saturated heterocycles. The number of esters is 1. The molecule has 1 saturated carbocycles. The number of nitrogens with zero attached hydrogens (tertiary/aromatic N) is 4. The summed E-state index contributed by atoms with van der Waals surface area (Å²) in [6.45, 7) is 5.19. The molecule has 0 amide bonds. The molecular weight excluding hydrogens is 377 g/mol. The first-order valence-electron chi connectivity index (χ1n) is 9.50. The van der Waals surface area contributed by atoms with Gasteiger partial charge in [-0.1, -0.05) is 0 Å².